The Kier molecular flexibility index (Phi) is 13.1. The van der Waals surface area contributed by atoms with Gasteiger partial charge in [0.15, 0.2) is 0 Å². The van der Waals surface area contributed by atoms with Gasteiger partial charge in [-0.3, -0.25) is 28.9 Å². The third-order valence-corrected chi connectivity index (χ3v) is 7.94. The van der Waals surface area contributed by atoms with E-state index >= 15 is 0 Å². The lowest BCUT2D eigenvalue weighted by Crippen LogP contribution is -2.57. The van der Waals surface area contributed by atoms with E-state index < -0.39 is 35.8 Å². The predicted octanol–water partition coefficient (Wildman–Crippen LogP) is 1.51. The van der Waals surface area contributed by atoms with Gasteiger partial charge in [-0.2, -0.15) is 0 Å². The molecule has 0 aromatic heterocycles. The van der Waals surface area contributed by atoms with Crippen LogP contribution in [0.1, 0.15) is 62.5 Å². The molecule has 2 aromatic carbocycles. The largest absolute Gasteiger partial charge is 0.497 e. The number of carbonyl (C=O) groups is 5. The van der Waals surface area contributed by atoms with Crippen molar-refractivity contribution in [2.45, 2.75) is 78.2 Å². The maximum atomic E-state index is 13.7. The van der Waals surface area contributed by atoms with Gasteiger partial charge in [-0.05, 0) is 60.6 Å². The first-order valence-electron chi connectivity index (χ1n) is 15.7. The van der Waals surface area contributed by atoms with Crippen LogP contribution in [0.2, 0.25) is 0 Å². The molecule has 3 rings (SSSR count). The minimum atomic E-state index is -1.01. The third-order valence-electron chi connectivity index (χ3n) is 7.94. The van der Waals surface area contributed by atoms with Crippen molar-refractivity contribution in [3.05, 3.63) is 65.2 Å². The van der Waals surface area contributed by atoms with Crippen LogP contribution in [-0.2, 0) is 32.1 Å². The van der Waals surface area contributed by atoms with E-state index in [1.165, 1.54) is 0 Å². The monoisotopic (exact) mass is 636 g/mol. The number of primary amides is 1. The lowest BCUT2D eigenvalue weighted by Gasteiger charge is -2.31. The molecule has 1 heterocycles. The van der Waals surface area contributed by atoms with E-state index in [0.29, 0.717) is 30.8 Å². The van der Waals surface area contributed by atoms with Gasteiger partial charge in [-0.25, -0.2) is 0 Å². The SMILES string of the molecule is COc1ccc(C[C@@H]2NC(=O)[C@H](CC(C)C)NC(=O)CN(Cc3ccc(C(N)=O)cc3)C[C@H](C(C)C)NC(=O)[C@@H](C)NC2=O)cc1. The Morgan fingerprint density at radius 1 is 0.848 bits per heavy atom. The lowest BCUT2D eigenvalue weighted by atomic mass is 10.0. The molecule has 250 valence electrons. The Labute approximate surface area is 271 Å². The molecule has 1 fully saturated rings. The Balaban J connectivity index is 1.95. The first-order valence-corrected chi connectivity index (χ1v) is 15.7. The van der Waals surface area contributed by atoms with Gasteiger partial charge < -0.3 is 31.7 Å². The fourth-order valence-corrected chi connectivity index (χ4v) is 5.23. The number of methoxy groups -OCH3 is 1. The average molecular weight is 637 g/mol. The van der Waals surface area contributed by atoms with Crippen molar-refractivity contribution in [1.82, 2.24) is 26.2 Å². The highest BCUT2D eigenvalue weighted by Crippen LogP contribution is 2.15. The molecule has 46 heavy (non-hydrogen) atoms. The smallest absolute Gasteiger partial charge is 0.248 e. The summed E-state index contributed by atoms with van der Waals surface area (Å²) in [6, 6.07) is 10.8. The van der Waals surface area contributed by atoms with Crippen molar-refractivity contribution in [2.75, 3.05) is 20.2 Å². The highest BCUT2D eigenvalue weighted by atomic mass is 16.5. The summed E-state index contributed by atoms with van der Waals surface area (Å²) in [6.07, 6.45) is 0.517. The van der Waals surface area contributed by atoms with E-state index in [0.717, 1.165) is 11.1 Å². The molecule has 5 amide bonds. The highest BCUT2D eigenvalue weighted by molar-refractivity contribution is 5.95. The molecule has 12 heteroatoms. The number of nitrogens with two attached hydrogens (primary N) is 1. The number of carbonyl (C=O) groups excluding carboxylic acids is 5. The molecule has 4 atom stereocenters. The minimum absolute atomic E-state index is 0.00918. The molecule has 0 bridgehead atoms. The zero-order valence-corrected chi connectivity index (χ0v) is 27.6. The number of nitrogens with one attached hydrogen (secondary N) is 4. The summed E-state index contributed by atoms with van der Waals surface area (Å²) >= 11 is 0. The van der Waals surface area contributed by atoms with Crippen LogP contribution in [0.5, 0.6) is 5.75 Å². The van der Waals surface area contributed by atoms with Crippen LogP contribution >= 0.6 is 0 Å². The highest BCUT2D eigenvalue weighted by Gasteiger charge is 2.31. The van der Waals surface area contributed by atoms with Crippen LogP contribution in [0.3, 0.4) is 0 Å². The van der Waals surface area contributed by atoms with Crippen molar-refractivity contribution < 1.29 is 28.7 Å². The van der Waals surface area contributed by atoms with E-state index in [1.54, 1.807) is 62.6 Å². The van der Waals surface area contributed by atoms with E-state index in [-0.39, 0.29) is 42.7 Å². The molecule has 0 aliphatic carbocycles. The van der Waals surface area contributed by atoms with Crippen LogP contribution in [0.4, 0.5) is 0 Å². The topological polar surface area (TPSA) is 172 Å². The van der Waals surface area contributed by atoms with Gasteiger partial charge in [-0.15, -0.1) is 0 Å². The molecule has 0 unspecified atom stereocenters. The summed E-state index contributed by atoms with van der Waals surface area (Å²) in [5.41, 5.74) is 7.38. The summed E-state index contributed by atoms with van der Waals surface area (Å²) in [4.78, 5) is 67.5. The second-order valence-corrected chi connectivity index (χ2v) is 12.7. The average Bonchev–Trinajstić information content (AvgIpc) is 2.99. The molecule has 6 N–H and O–H groups in total. The summed E-state index contributed by atoms with van der Waals surface area (Å²) in [5, 5.41) is 11.5. The normalized spacial score (nSPS) is 22.3. The number of nitrogens with zero attached hydrogens (tertiary/aromatic N) is 1. The molecular weight excluding hydrogens is 588 g/mol. The van der Waals surface area contributed by atoms with Crippen LogP contribution in [0, 0.1) is 11.8 Å². The van der Waals surface area contributed by atoms with Gasteiger partial charge in [0.05, 0.1) is 13.7 Å². The van der Waals surface area contributed by atoms with E-state index in [2.05, 4.69) is 21.3 Å². The number of rotatable bonds is 9. The molecule has 0 saturated carbocycles. The van der Waals surface area contributed by atoms with Crippen molar-refractivity contribution in [3.8, 4) is 5.75 Å². The molecule has 0 spiro atoms. The second kappa shape index (κ2) is 16.7. The quantitative estimate of drug-likeness (QED) is 0.278. The standard InChI is InChI=1S/C34H48N6O6/c1-20(2)15-27-34(45)38-28(16-23-9-13-26(46-6)14-10-23)33(44)36-22(5)32(43)39-29(21(3)4)18-40(19-30(41)37-27)17-24-7-11-25(12-8-24)31(35)42/h7-14,20-22,27-29H,15-19H2,1-6H3,(H2,35,42)(H,36,44)(H,37,41)(H,38,45)(H,39,43)/t22-,27+,28+,29-/m1/s1. The zero-order valence-electron chi connectivity index (χ0n) is 27.6. The molecule has 1 aliphatic rings. The molecular formula is C34H48N6O6. The summed E-state index contributed by atoms with van der Waals surface area (Å²) < 4.78 is 5.23. The Morgan fingerprint density at radius 2 is 1.46 bits per heavy atom. The fourth-order valence-electron chi connectivity index (χ4n) is 5.23. The number of hydrogen-bond acceptors (Lipinski definition) is 7. The van der Waals surface area contributed by atoms with Crippen LogP contribution in [0.25, 0.3) is 0 Å². The maximum Gasteiger partial charge on any atom is 0.248 e. The van der Waals surface area contributed by atoms with E-state index in [9.17, 15) is 24.0 Å². The first-order chi connectivity index (χ1) is 21.7. The number of ether oxygens (including phenoxy) is 1. The van der Waals surface area contributed by atoms with E-state index in [4.69, 9.17) is 10.5 Å². The molecule has 12 nitrogen and oxygen atoms in total. The van der Waals surface area contributed by atoms with Gasteiger partial charge in [0.25, 0.3) is 0 Å². The van der Waals surface area contributed by atoms with Gasteiger partial charge >= 0.3 is 0 Å². The Morgan fingerprint density at radius 3 is 2.02 bits per heavy atom. The molecule has 1 saturated heterocycles. The zero-order chi connectivity index (χ0) is 34.0. The van der Waals surface area contributed by atoms with Gasteiger partial charge in [-0.1, -0.05) is 52.0 Å². The van der Waals surface area contributed by atoms with Gasteiger partial charge in [0.2, 0.25) is 29.5 Å². The third kappa shape index (κ3) is 10.9. The van der Waals surface area contributed by atoms with Crippen LogP contribution < -0.4 is 31.7 Å². The van der Waals surface area contributed by atoms with Crippen molar-refractivity contribution >= 4 is 29.5 Å². The van der Waals surface area contributed by atoms with Crippen LogP contribution in [-0.4, -0.2) is 78.8 Å². The molecule has 1 aliphatic heterocycles. The first kappa shape index (κ1) is 36.0. The maximum absolute atomic E-state index is 13.7. The number of hydrogen-bond donors (Lipinski definition) is 5. The molecule has 2 aromatic rings. The van der Waals surface area contributed by atoms with Gasteiger partial charge in [0, 0.05) is 31.1 Å². The number of amides is 5. The summed E-state index contributed by atoms with van der Waals surface area (Å²) in [7, 11) is 1.56. The Hall–Kier alpha value is -4.45. The van der Waals surface area contributed by atoms with Crippen molar-refractivity contribution in [1.29, 1.82) is 0 Å². The number of benzene rings is 2. The molecule has 0 radical (unpaired) electrons. The summed E-state index contributed by atoms with van der Waals surface area (Å²) in [5.74, 6) is -1.59. The van der Waals surface area contributed by atoms with Crippen molar-refractivity contribution in [2.24, 2.45) is 17.6 Å². The second-order valence-electron chi connectivity index (χ2n) is 12.7. The van der Waals surface area contributed by atoms with E-state index in [1.807, 2.05) is 32.6 Å². The predicted molar refractivity (Wildman–Crippen MR) is 175 cm³/mol. The Bertz CT molecular complexity index is 1360. The lowest BCUT2D eigenvalue weighted by molar-refractivity contribution is -0.133. The summed E-state index contributed by atoms with van der Waals surface area (Å²) in [6.45, 7) is 10.0. The van der Waals surface area contributed by atoms with Crippen molar-refractivity contribution in [3.63, 3.8) is 0 Å². The van der Waals surface area contributed by atoms with Gasteiger partial charge in [0.1, 0.15) is 23.9 Å². The minimum Gasteiger partial charge on any atom is -0.497 e. The fraction of sp³-hybridized carbons (Fsp3) is 0.500. The van der Waals surface area contributed by atoms with Crippen LogP contribution in [0.15, 0.2) is 48.5 Å².